The van der Waals surface area contributed by atoms with Gasteiger partial charge in [0.1, 0.15) is 11.4 Å². The molecule has 0 atom stereocenters. The fourth-order valence-electron chi connectivity index (χ4n) is 4.93. The zero-order valence-corrected chi connectivity index (χ0v) is 20.0. The third kappa shape index (κ3) is 4.35. The van der Waals surface area contributed by atoms with E-state index in [0.29, 0.717) is 54.5 Å². The van der Waals surface area contributed by atoms with Crippen LogP contribution in [0.25, 0.3) is 0 Å². The summed E-state index contributed by atoms with van der Waals surface area (Å²) in [6, 6.07) is 7.75. The number of hydrogen-bond acceptors (Lipinski definition) is 3. The van der Waals surface area contributed by atoms with E-state index in [-0.39, 0.29) is 13.4 Å². The van der Waals surface area contributed by atoms with Gasteiger partial charge in [-0.05, 0) is 70.9 Å². The fraction of sp³-hybridized carbons (Fsp3) is 0.542. The van der Waals surface area contributed by atoms with Crippen molar-refractivity contribution in [1.82, 2.24) is 14.8 Å². The molecule has 0 aliphatic carbocycles. The Bertz CT molecular complexity index is 1060. The molecule has 4 rings (SSSR count). The molecule has 2 aromatic rings. The Morgan fingerprint density at radius 1 is 1.18 bits per heavy atom. The highest BCUT2D eigenvalue weighted by atomic mass is 35.5. The molecule has 1 aromatic heterocycles. The van der Waals surface area contributed by atoms with Crippen LogP contribution in [0.3, 0.4) is 0 Å². The molecule has 1 aromatic carbocycles. The number of aromatic nitrogens is 1. The first-order valence-corrected chi connectivity index (χ1v) is 11.5. The van der Waals surface area contributed by atoms with E-state index in [1.165, 1.54) is 10.6 Å². The highest BCUT2D eigenvalue weighted by Crippen LogP contribution is 2.44. The van der Waals surface area contributed by atoms with Gasteiger partial charge in [-0.2, -0.15) is 13.2 Å². The summed E-state index contributed by atoms with van der Waals surface area (Å²) in [4.78, 5) is 14.8. The molecular weight excluding hydrogens is 455 g/mol. The van der Waals surface area contributed by atoms with Gasteiger partial charge in [0.2, 0.25) is 0 Å². The number of likely N-dealkylation sites (tertiary alicyclic amines) is 1. The van der Waals surface area contributed by atoms with Crippen LogP contribution in [-0.4, -0.2) is 41.1 Å². The number of carbonyl (C=O) groups is 1. The minimum atomic E-state index is -4.42. The highest BCUT2D eigenvalue weighted by Gasteiger charge is 2.49. The van der Waals surface area contributed by atoms with Gasteiger partial charge in [-0.15, -0.1) is 0 Å². The van der Waals surface area contributed by atoms with Gasteiger partial charge in [0.05, 0.1) is 22.2 Å². The maximum Gasteiger partial charge on any atom is 0.431 e. The first kappa shape index (κ1) is 24.0. The van der Waals surface area contributed by atoms with Gasteiger partial charge in [-0.3, -0.25) is 4.79 Å². The molecule has 0 saturated carbocycles. The average molecular weight is 486 g/mol. The molecule has 1 N–H and O–H groups in total. The van der Waals surface area contributed by atoms with Crippen molar-refractivity contribution >= 4 is 17.5 Å². The molecule has 2 aliphatic heterocycles. The Morgan fingerprint density at radius 3 is 2.42 bits per heavy atom. The van der Waals surface area contributed by atoms with Crippen LogP contribution in [0, 0.1) is 0 Å². The Labute approximate surface area is 198 Å². The fourth-order valence-corrected chi connectivity index (χ4v) is 5.15. The minimum Gasteiger partial charge on any atom is -0.489 e. The molecule has 3 heterocycles. The van der Waals surface area contributed by atoms with Crippen molar-refractivity contribution in [2.75, 3.05) is 19.6 Å². The predicted octanol–water partition coefficient (Wildman–Crippen LogP) is 5.66. The Kier molecular flexibility index (Phi) is 5.98. The van der Waals surface area contributed by atoms with E-state index in [2.05, 4.69) is 5.32 Å². The van der Waals surface area contributed by atoms with E-state index in [9.17, 15) is 18.0 Å². The molecule has 0 radical (unpaired) electrons. The summed E-state index contributed by atoms with van der Waals surface area (Å²) < 4.78 is 48.1. The normalized spacial score (nSPS) is 19.6. The average Bonchev–Trinajstić information content (AvgIpc) is 3.21. The molecule has 2 aliphatic rings. The lowest BCUT2D eigenvalue weighted by molar-refractivity contribution is -0.146. The smallest absolute Gasteiger partial charge is 0.431 e. The molecule has 33 heavy (non-hydrogen) atoms. The van der Waals surface area contributed by atoms with Gasteiger partial charge in [0.25, 0.3) is 5.91 Å². The van der Waals surface area contributed by atoms with Crippen molar-refractivity contribution in [3.05, 3.63) is 52.3 Å². The van der Waals surface area contributed by atoms with Crippen molar-refractivity contribution in [3.63, 3.8) is 0 Å². The van der Waals surface area contributed by atoms with Crippen LogP contribution in [0.4, 0.5) is 13.2 Å². The second kappa shape index (κ2) is 8.24. The summed E-state index contributed by atoms with van der Waals surface area (Å²) in [6.07, 6.45) is -3.40. The summed E-state index contributed by atoms with van der Waals surface area (Å²) in [6.45, 7) is 8.68. The van der Waals surface area contributed by atoms with Crippen molar-refractivity contribution < 1.29 is 24.1 Å². The van der Waals surface area contributed by atoms with Crippen LogP contribution in [0.1, 0.15) is 63.7 Å². The molecule has 1 amide bonds. The van der Waals surface area contributed by atoms with E-state index >= 15 is 0 Å². The third-order valence-corrected chi connectivity index (χ3v) is 6.87. The summed E-state index contributed by atoms with van der Waals surface area (Å²) in [7, 11) is 0. The quantitative estimate of drug-likeness (QED) is 0.610. The molecule has 1 fully saturated rings. The maximum absolute atomic E-state index is 13.7. The number of piperidine rings is 1. The number of nitrogens with one attached hydrogen (secondary N) is 1. The van der Waals surface area contributed by atoms with Crippen LogP contribution >= 0.6 is 11.6 Å². The summed E-state index contributed by atoms with van der Waals surface area (Å²) in [5.41, 5.74) is -0.829. The zero-order valence-electron chi connectivity index (χ0n) is 19.2. The SMILES string of the molecule is CC(C)Oc1ccc(C(=O)N2CCC3(CC2)NCC(C)(C)n2c(C(F)(F)F)ccc23)cc1Cl.[HH]. The maximum atomic E-state index is 13.7. The number of rotatable bonds is 3. The number of nitrogens with zero attached hydrogens (tertiary/aromatic N) is 2. The van der Waals surface area contributed by atoms with Crippen molar-refractivity contribution in [1.29, 1.82) is 0 Å². The second-order valence-corrected chi connectivity index (χ2v) is 10.2. The lowest BCUT2D eigenvalue weighted by atomic mass is 9.80. The van der Waals surface area contributed by atoms with Crippen LogP contribution in [0.5, 0.6) is 5.75 Å². The van der Waals surface area contributed by atoms with E-state index in [4.69, 9.17) is 16.3 Å². The van der Waals surface area contributed by atoms with E-state index in [0.717, 1.165) is 0 Å². The van der Waals surface area contributed by atoms with Gasteiger partial charge < -0.3 is 19.5 Å². The van der Waals surface area contributed by atoms with E-state index < -0.39 is 22.9 Å². The number of fused-ring (bicyclic) bond motifs is 2. The van der Waals surface area contributed by atoms with Gasteiger partial charge >= 0.3 is 6.18 Å². The molecular formula is C24H31ClF3N3O2. The van der Waals surface area contributed by atoms with Gasteiger partial charge in [0.15, 0.2) is 0 Å². The summed E-state index contributed by atoms with van der Waals surface area (Å²) >= 11 is 6.29. The molecule has 1 spiro atoms. The van der Waals surface area contributed by atoms with Crippen LogP contribution in [-0.2, 0) is 17.3 Å². The molecule has 5 nitrogen and oxygen atoms in total. The predicted molar refractivity (Wildman–Crippen MR) is 123 cm³/mol. The third-order valence-electron chi connectivity index (χ3n) is 6.57. The molecule has 9 heteroatoms. The molecule has 1 saturated heterocycles. The zero-order chi connectivity index (χ0) is 24.2. The Hall–Kier alpha value is -2.19. The largest absolute Gasteiger partial charge is 0.489 e. The van der Waals surface area contributed by atoms with Gasteiger partial charge in [0, 0.05) is 32.3 Å². The Balaban J connectivity index is 0.00000324. The number of halogens is 4. The molecule has 0 bridgehead atoms. The van der Waals surface area contributed by atoms with E-state index in [1.807, 2.05) is 13.8 Å². The van der Waals surface area contributed by atoms with Crippen molar-refractivity contribution in [2.24, 2.45) is 0 Å². The van der Waals surface area contributed by atoms with Crippen molar-refractivity contribution in [2.45, 2.75) is 63.9 Å². The van der Waals surface area contributed by atoms with Gasteiger partial charge in [-0.25, -0.2) is 0 Å². The van der Waals surface area contributed by atoms with Gasteiger partial charge in [-0.1, -0.05) is 11.6 Å². The van der Waals surface area contributed by atoms with E-state index in [1.54, 1.807) is 43.0 Å². The highest BCUT2D eigenvalue weighted by molar-refractivity contribution is 6.32. The number of ether oxygens (including phenoxy) is 1. The number of carbonyl (C=O) groups excluding carboxylic acids is 1. The first-order valence-electron chi connectivity index (χ1n) is 11.1. The van der Waals surface area contributed by atoms with Crippen LogP contribution in [0.15, 0.2) is 30.3 Å². The van der Waals surface area contributed by atoms with Crippen LogP contribution in [0.2, 0.25) is 5.02 Å². The van der Waals surface area contributed by atoms with Crippen LogP contribution < -0.4 is 10.1 Å². The monoisotopic (exact) mass is 485 g/mol. The lowest BCUT2D eigenvalue weighted by Crippen LogP contribution is -2.61. The number of amides is 1. The van der Waals surface area contributed by atoms with Crippen molar-refractivity contribution in [3.8, 4) is 5.75 Å². The number of hydrogen-bond donors (Lipinski definition) is 1. The molecule has 182 valence electrons. The first-order chi connectivity index (χ1) is 15.3. The second-order valence-electron chi connectivity index (χ2n) is 9.79. The molecule has 0 unspecified atom stereocenters. The Morgan fingerprint density at radius 2 is 1.85 bits per heavy atom. The summed E-state index contributed by atoms with van der Waals surface area (Å²) in [5.74, 6) is 0.376. The summed E-state index contributed by atoms with van der Waals surface area (Å²) in [5, 5.41) is 3.89. The standard InChI is InChI=1S/C24H29ClF3N3O2.H2/c1-15(2)33-18-6-5-16(13-17(18)25)21(32)30-11-9-23(10-12-30)19-7-8-20(24(26,27)28)31(19)22(3,4)14-29-23;/h5-8,13,15,29H,9-12,14H2,1-4H3;1H. The lowest BCUT2D eigenvalue weighted by Gasteiger charge is -2.50. The number of alkyl halides is 3. The number of benzene rings is 1. The topological polar surface area (TPSA) is 46.5 Å². The minimum absolute atomic E-state index is 0.